The summed E-state index contributed by atoms with van der Waals surface area (Å²) < 4.78 is 50.9. The number of halogens is 2. The second-order valence-electron chi connectivity index (χ2n) is 8.86. The molecule has 10 nitrogen and oxygen atoms in total. The van der Waals surface area contributed by atoms with Crippen LogP contribution in [0.4, 0.5) is 8.78 Å². The van der Waals surface area contributed by atoms with Gasteiger partial charge in [-0.05, 0) is 32.8 Å². The van der Waals surface area contributed by atoms with Crippen molar-refractivity contribution in [2.45, 2.75) is 82.3 Å². The number of aromatic amines is 1. The summed E-state index contributed by atoms with van der Waals surface area (Å²) in [4.78, 5) is 19.9. The predicted octanol–water partition coefficient (Wildman–Crippen LogP) is 2.96. The Balaban J connectivity index is 1.88. The Kier molecular flexibility index (Phi) is 7.63. The van der Waals surface area contributed by atoms with Gasteiger partial charge in [-0.3, -0.25) is 4.57 Å². The van der Waals surface area contributed by atoms with E-state index in [4.69, 9.17) is 21.5 Å². The first-order valence-corrected chi connectivity index (χ1v) is 12.7. The number of rotatable bonds is 8. The van der Waals surface area contributed by atoms with E-state index < -0.39 is 54.9 Å². The molecule has 1 fully saturated rings. The van der Waals surface area contributed by atoms with Gasteiger partial charge in [0.15, 0.2) is 11.2 Å². The van der Waals surface area contributed by atoms with Crippen molar-refractivity contribution in [3.8, 4) is 11.5 Å². The SMILES string of the molecule is CCC(C)(C[C@H]1O[C@@H](c2cc3nc(F)c(F)[nH]c-3nc2=S)[C@@H](O)C1O)OP(=O)(O)C(C)(O)CC. The van der Waals surface area contributed by atoms with Gasteiger partial charge in [0.05, 0.1) is 11.7 Å². The smallest absolute Gasteiger partial charge is 0.359 e. The van der Waals surface area contributed by atoms with Crippen LogP contribution in [-0.4, -0.2) is 64.4 Å². The molecule has 3 aliphatic heterocycles. The summed E-state index contributed by atoms with van der Waals surface area (Å²) in [5, 5.41) is 29.6. The Labute approximate surface area is 199 Å². The minimum absolute atomic E-state index is 0.0313. The minimum Gasteiger partial charge on any atom is -0.388 e. The van der Waals surface area contributed by atoms with Gasteiger partial charge >= 0.3 is 7.60 Å². The van der Waals surface area contributed by atoms with Crippen LogP contribution in [0.15, 0.2) is 6.07 Å². The Morgan fingerprint density at radius 2 is 1.88 bits per heavy atom. The van der Waals surface area contributed by atoms with Crippen LogP contribution in [0.5, 0.6) is 0 Å². The lowest BCUT2D eigenvalue weighted by Crippen LogP contribution is -2.40. The molecule has 0 saturated carbocycles. The lowest BCUT2D eigenvalue weighted by molar-refractivity contribution is -0.0532. The van der Waals surface area contributed by atoms with Crippen LogP contribution in [0.3, 0.4) is 0 Å². The van der Waals surface area contributed by atoms with Crippen molar-refractivity contribution in [1.82, 2.24) is 15.0 Å². The van der Waals surface area contributed by atoms with E-state index in [-0.39, 0.29) is 41.0 Å². The summed E-state index contributed by atoms with van der Waals surface area (Å²) in [6.45, 7) is 5.96. The number of aromatic nitrogens is 3. The third-order valence-corrected chi connectivity index (χ3v) is 8.84. The van der Waals surface area contributed by atoms with Gasteiger partial charge in [0.25, 0.3) is 5.95 Å². The number of aliphatic hydroxyl groups excluding tert-OH is 2. The van der Waals surface area contributed by atoms with E-state index >= 15 is 0 Å². The summed E-state index contributed by atoms with van der Waals surface area (Å²) >= 11 is 5.21. The molecule has 1 saturated heterocycles. The fraction of sp³-hybridized carbons (Fsp3) is 0.650. The molecule has 34 heavy (non-hydrogen) atoms. The van der Waals surface area contributed by atoms with Crippen LogP contribution in [0.25, 0.3) is 11.5 Å². The molecule has 7 atom stereocenters. The number of ether oxygens (including phenoxy) is 1. The molecule has 0 radical (unpaired) electrons. The summed E-state index contributed by atoms with van der Waals surface area (Å²) in [7, 11) is -4.49. The lowest BCUT2D eigenvalue weighted by Gasteiger charge is -2.37. The van der Waals surface area contributed by atoms with Crippen molar-refractivity contribution in [2.24, 2.45) is 0 Å². The summed E-state index contributed by atoms with van der Waals surface area (Å²) in [6, 6.07) is 1.28. The molecule has 3 heterocycles. The van der Waals surface area contributed by atoms with Crippen LogP contribution in [-0.2, 0) is 13.8 Å². The van der Waals surface area contributed by atoms with Gasteiger partial charge in [0.1, 0.15) is 28.6 Å². The van der Waals surface area contributed by atoms with E-state index in [2.05, 4.69) is 15.0 Å². The molecule has 4 unspecified atom stereocenters. The van der Waals surface area contributed by atoms with Gasteiger partial charge in [-0.1, -0.05) is 26.1 Å². The molecule has 3 aliphatic rings. The molecule has 14 heteroatoms. The minimum atomic E-state index is -4.49. The molecule has 0 spiro atoms. The molecule has 0 aliphatic carbocycles. The molecule has 5 N–H and O–H groups in total. The van der Waals surface area contributed by atoms with Gasteiger partial charge in [0, 0.05) is 12.0 Å². The topological polar surface area (TPSA) is 158 Å². The van der Waals surface area contributed by atoms with Crippen LogP contribution in [0.2, 0.25) is 0 Å². The van der Waals surface area contributed by atoms with Gasteiger partial charge < -0.3 is 34.5 Å². The lowest BCUT2D eigenvalue weighted by atomic mass is 9.92. The molecule has 3 rings (SSSR count). The molecular formula is C20H28F2N3O7PS. The number of H-pyrrole nitrogens is 1. The maximum Gasteiger partial charge on any atom is 0.359 e. The van der Waals surface area contributed by atoms with Gasteiger partial charge in [-0.15, -0.1) is 0 Å². The number of nitrogens with zero attached hydrogens (tertiary/aromatic N) is 2. The highest BCUT2D eigenvalue weighted by Gasteiger charge is 2.50. The van der Waals surface area contributed by atoms with E-state index in [1.807, 2.05) is 0 Å². The van der Waals surface area contributed by atoms with Gasteiger partial charge in [-0.25, -0.2) is 9.97 Å². The second kappa shape index (κ2) is 9.55. The van der Waals surface area contributed by atoms with Crippen LogP contribution >= 0.6 is 19.8 Å². The number of pyridine rings is 1. The standard InChI is InChI=1S/C20H28F2N3O7PS/c1-5-19(3,32-33(29,30)20(4,28)6-2)8-11-12(26)13(27)14(31-11)9-7-10-17(25-18(9)34)24-16(22)15(21)23-10/h7,11-14,26-28H,5-6,8H2,1-4H3,(H,29,30)(H,24,25,34)/t11-,12?,13+,14+,19?,20?/m1/s1. The first kappa shape index (κ1) is 27.2. The third kappa shape index (κ3) is 5.07. The van der Waals surface area contributed by atoms with E-state index in [9.17, 15) is 33.6 Å². The van der Waals surface area contributed by atoms with E-state index in [1.165, 1.54) is 26.8 Å². The number of hydrogen-bond acceptors (Lipinski definition) is 9. The van der Waals surface area contributed by atoms with Crippen molar-refractivity contribution >= 4 is 19.8 Å². The molecule has 0 aromatic rings. The highest BCUT2D eigenvalue weighted by Crippen LogP contribution is 2.59. The van der Waals surface area contributed by atoms with Crippen molar-refractivity contribution in [1.29, 1.82) is 0 Å². The molecule has 190 valence electrons. The second-order valence-corrected chi connectivity index (χ2v) is 11.4. The first-order chi connectivity index (χ1) is 15.6. The molecule has 0 bridgehead atoms. The average molecular weight is 523 g/mol. The normalized spacial score (nSPS) is 28.4. The molecule has 0 aromatic heterocycles. The largest absolute Gasteiger partial charge is 0.388 e. The van der Waals surface area contributed by atoms with E-state index in [0.29, 0.717) is 0 Å². The van der Waals surface area contributed by atoms with Crippen molar-refractivity contribution in [3.63, 3.8) is 0 Å². The zero-order chi connectivity index (χ0) is 25.6. The Morgan fingerprint density at radius 1 is 1.24 bits per heavy atom. The summed E-state index contributed by atoms with van der Waals surface area (Å²) in [5.41, 5.74) is -1.25. The fourth-order valence-corrected chi connectivity index (χ4v) is 5.30. The Morgan fingerprint density at radius 3 is 2.47 bits per heavy atom. The zero-order valence-corrected chi connectivity index (χ0v) is 20.7. The summed E-state index contributed by atoms with van der Waals surface area (Å²) in [6.07, 6.45) is -5.05. The highest BCUT2D eigenvalue weighted by atomic mass is 32.1. The number of hydrogen-bond donors (Lipinski definition) is 5. The maximum atomic E-state index is 13.6. The highest BCUT2D eigenvalue weighted by molar-refractivity contribution is 7.71. The average Bonchev–Trinajstić information content (AvgIpc) is 3.02. The third-order valence-electron chi connectivity index (χ3n) is 6.30. The molecule has 0 aromatic carbocycles. The monoisotopic (exact) mass is 523 g/mol. The zero-order valence-electron chi connectivity index (χ0n) is 19.0. The van der Waals surface area contributed by atoms with Crippen LogP contribution in [0.1, 0.15) is 58.6 Å². The number of nitrogens with one attached hydrogen (secondary N) is 1. The van der Waals surface area contributed by atoms with Crippen molar-refractivity contribution < 1.29 is 42.8 Å². The van der Waals surface area contributed by atoms with Gasteiger partial charge in [0.2, 0.25) is 5.95 Å². The summed E-state index contributed by atoms with van der Waals surface area (Å²) in [5.74, 6) is -2.79. The van der Waals surface area contributed by atoms with Crippen LogP contribution in [0, 0.1) is 16.5 Å². The number of aliphatic hydroxyl groups is 3. The quantitative estimate of drug-likeness (QED) is 0.257. The van der Waals surface area contributed by atoms with E-state index in [0.717, 1.165) is 0 Å². The first-order valence-electron chi connectivity index (χ1n) is 10.7. The number of fused-ring (bicyclic) bond motifs is 1. The fourth-order valence-electron chi connectivity index (χ4n) is 3.64. The van der Waals surface area contributed by atoms with Crippen molar-refractivity contribution in [3.05, 3.63) is 28.2 Å². The van der Waals surface area contributed by atoms with Gasteiger partial charge in [-0.2, -0.15) is 8.78 Å². The molecular weight excluding hydrogens is 495 g/mol. The predicted molar refractivity (Wildman–Crippen MR) is 119 cm³/mol. The molecule has 0 amide bonds. The van der Waals surface area contributed by atoms with Crippen LogP contribution < -0.4 is 0 Å². The van der Waals surface area contributed by atoms with Crippen molar-refractivity contribution in [2.75, 3.05) is 0 Å². The Bertz CT molecular complexity index is 1140. The van der Waals surface area contributed by atoms with E-state index in [1.54, 1.807) is 6.92 Å². The maximum absolute atomic E-state index is 13.6. The Hall–Kier alpha value is -1.44.